The number of para-hydroxylation sites is 1. The number of carbonyl (C=O) groups excluding carboxylic acids is 1. The van der Waals surface area contributed by atoms with Crippen LogP contribution in [0.2, 0.25) is 0 Å². The van der Waals surface area contributed by atoms with Crippen molar-refractivity contribution in [3.8, 4) is 17.1 Å². The van der Waals surface area contributed by atoms with Crippen molar-refractivity contribution in [3.63, 3.8) is 0 Å². The largest absolute Gasteiger partial charge is 0.426 e. The van der Waals surface area contributed by atoms with Crippen molar-refractivity contribution in [1.82, 2.24) is 10.1 Å². The zero-order valence-corrected chi connectivity index (χ0v) is 14.6. The second-order valence-corrected chi connectivity index (χ2v) is 6.07. The predicted molar refractivity (Wildman–Crippen MR) is 94.3 cm³/mol. The van der Waals surface area contributed by atoms with E-state index in [1.54, 1.807) is 0 Å². The Morgan fingerprint density at radius 2 is 1.72 bits per heavy atom. The quantitative estimate of drug-likeness (QED) is 0.516. The highest BCUT2D eigenvalue weighted by Gasteiger charge is 2.13. The fraction of sp³-hybridized carbons (Fsp3) is 0.250. The number of hydrogen-bond donors (Lipinski definition) is 0. The van der Waals surface area contributed by atoms with E-state index < -0.39 is 0 Å². The van der Waals surface area contributed by atoms with E-state index in [1.165, 1.54) is 5.56 Å². The van der Waals surface area contributed by atoms with Gasteiger partial charge in [-0.2, -0.15) is 4.98 Å². The minimum absolute atomic E-state index is 0.184. The molecule has 1 heterocycles. The van der Waals surface area contributed by atoms with E-state index >= 15 is 0 Å². The number of carbonyl (C=O) groups is 1. The number of esters is 1. The Kier molecular flexibility index (Phi) is 4.93. The first kappa shape index (κ1) is 16.9. The summed E-state index contributed by atoms with van der Waals surface area (Å²) in [6.07, 6.45) is 0.534. The Hall–Kier alpha value is -2.95. The Bertz CT molecular complexity index is 862. The second-order valence-electron chi connectivity index (χ2n) is 6.07. The van der Waals surface area contributed by atoms with E-state index in [2.05, 4.69) is 10.1 Å². The van der Waals surface area contributed by atoms with Gasteiger partial charge in [-0.15, -0.1) is 0 Å². The number of benzene rings is 2. The second kappa shape index (κ2) is 7.30. The molecule has 0 unspecified atom stereocenters. The maximum atomic E-state index is 12.1. The van der Waals surface area contributed by atoms with Crippen molar-refractivity contribution >= 4 is 5.97 Å². The zero-order valence-electron chi connectivity index (χ0n) is 14.6. The number of rotatable bonds is 5. The van der Waals surface area contributed by atoms with Gasteiger partial charge in [0.05, 0.1) is 6.42 Å². The van der Waals surface area contributed by atoms with Gasteiger partial charge in [0.15, 0.2) is 0 Å². The molecule has 0 aliphatic carbocycles. The van der Waals surface area contributed by atoms with Crippen LogP contribution in [0.4, 0.5) is 0 Å². The summed E-state index contributed by atoms with van der Waals surface area (Å²) in [5.74, 6) is 1.26. The fourth-order valence-electron chi connectivity index (χ4n) is 2.51. The maximum absolute atomic E-state index is 12.1. The number of nitrogens with zero attached hydrogens (tertiary/aromatic N) is 2. The van der Waals surface area contributed by atoms with Gasteiger partial charge in [0, 0.05) is 12.0 Å². The lowest BCUT2D eigenvalue weighted by atomic mass is 10.1. The molecule has 3 rings (SSSR count). The molecule has 0 aliphatic rings. The molecule has 0 N–H and O–H groups in total. The summed E-state index contributed by atoms with van der Waals surface area (Å²) < 4.78 is 10.7. The standard InChI is InChI=1S/C20H20N2O3/c1-13-7-9-16(10-8-13)20-21-17(25-22-20)11-12-18(23)24-19-14(2)5-4-6-15(19)3/h4-10H,11-12H2,1-3H3. The highest BCUT2D eigenvalue weighted by Crippen LogP contribution is 2.23. The third-order valence-electron chi connectivity index (χ3n) is 3.95. The topological polar surface area (TPSA) is 65.2 Å². The van der Waals surface area contributed by atoms with E-state index in [4.69, 9.17) is 9.26 Å². The zero-order chi connectivity index (χ0) is 17.8. The van der Waals surface area contributed by atoms with Gasteiger partial charge >= 0.3 is 5.97 Å². The molecule has 0 amide bonds. The van der Waals surface area contributed by atoms with E-state index in [0.717, 1.165) is 16.7 Å². The van der Waals surface area contributed by atoms with Gasteiger partial charge in [-0.25, -0.2) is 0 Å². The van der Waals surface area contributed by atoms with Gasteiger partial charge in [0.25, 0.3) is 0 Å². The molecule has 1 aromatic heterocycles. The van der Waals surface area contributed by atoms with Crippen LogP contribution in [0.1, 0.15) is 29.0 Å². The predicted octanol–water partition coefficient (Wildman–Crippen LogP) is 4.20. The molecule has 0 fully saturated rings. The SMILES string of the molecule is Cc1ccc(-c2noc(CCC(=O)Oc3c(C)cccc3C)n2)cc1. The third-order valence-corrected chi connectivity index (χ3v) is 3.95. The van der Waals surface area contributed by atoms with Crippen LogP contribution in [-0.2, 0) is 11.2 Å². The van der Waals surface area contributed by atoms with Crippen molar-refractivity contribution in [2.75, 3.05) is 0 Å². The van der Waals surface area contributed by atoms with E-state index in [1.807, 2.05) is 63.2 Å². The van der Waals surface area contributed by atoms with Crippen molar-refractivity contribution in [2.45, 2.75) is 33.6 Å². The van der Waals surface area contributed by atoms with Crippen LogP contribution < -0.4 is 4.74 Å². The average Bonchev–Trinajstić information content (AvgIpc) is 3.06. The van der Waals surface area contributed by atoms with E-state index in [-0.39, 0.29) is 12.4 Å². The molecule has 0 radical (unpaired) electrons. The first-order valence-corrected chi connectivity index (χ1v) is 8.19. The molecule has 0 bridgehead atoms. The summed E-state index contributed by atoms with van der Waals surface area (Å²) in [7, 11) is 0. The molecule has 3 aromatic rings. The summed E-state index contributed by atoms with van der Waals surface area (Å²) in [6.45, 7) is 5.86. The number of aromatic nitrogens is 2. The molecule has 0 spiro atoms. The van der Waals surface area contributed by atoms with Crippen LogP contribution in [0.5, 0.6) is 5.75 Å². The van der Waals surface area contributed by atoms with Crippen molar-refractivity contribution in [3.05, 3.63) is 65.0 Å². The first-order valence-electron chi connectivity index (χ1n) is 8.19. The Morgan fingerprint density at radius 1 is 1.04 bits per heavy atom. The van der Waals surface area contributed by atoms with Crippen LogP contribution in [0.15, 0.2) is 47.0 Å². The lowest BCUT2D eigenvalue weighted by molar-refractivity contribution is -0.134. The molecule has 0 saturated heterocycles. The summed E-state index contributed by atoms with van der Waals surface area (Å²) in [6, 6.07) is 13.6. The lowest BCUT2D eigenvalue weighted by Crippen LogP contribution is -2.10. The molecule has 2 aromatic carbocycles. The van der Waals surface area contributed by atoms with Crippen LogP contribution >= 0.6 is 0 Å². The van der Waals surface area contributed by atoms with Crippen LogP contribution in [0.25, 0.3) is 11.4 Å². The number of ether oxygens (including phenoxy) is 1. The molecule has 25 heavy (non-hydrogen) atoms. The van der Waals surface area contributed by atoms with Gasteiger partial charge in [-0.1, -0.05) is 53.2 Å². The third kappa shape index (κ3) is 4.12. The molecule has 0 aliphatic heterocycles. The van der Waals surface area contributed by atoms with Crippen LogP contribution in [0, 0.1) is 20.8 Å². The van der Waals surface area contributed by atoms with E-state index in [0.29, 0.717) is 23.9 Å². The molecule has 5 heteroatoms. The summed E-state index contributed by atoms with van der Waals surface area (Å²) in [5, 5.41) is 3.97. The average molecular weight is 336 g/mol. The highest BCUT2D eigenvalue weighted by molar-refractivity contribution is 5.73. The minimum Gasteiger partial charge on any atom is -0.426 e. The van der Waals surface area contributed by atoms with Crippen molar-refractivity contribution in [2.24, 2.45) is 0 Å². The van der Waals surface area contributed by atoms with Gasteiger partial charge in [-0.05, 0) is 31.9 Å². The minimum atomic E-state index is -0.313. The molecular weight excluding hydrogens is 316 g/mol. The van der Waals surface area contributed by atoms with E-state index in [9.17, 15) is 4.79 Å². The summed E-state index contributed by atoms with van der Waals surface area (Å²) >= 11 is 0. The van der Waals surface area contributed by atoms with Gasteiger partial charge < -0.3 is 9.26 Å². The molecule has 128 valence electrons. The summed E-state index contributed by atoms with van der Waals surface area (Å²) in [5.41, 5.74) is 3.93. The first-order chi connectivity index (χ1) is 12.0. The lowest BCUT2D eigenvalue weighted by Gasteiger charge is -2.09. The molecular formula is C20H20N2O3. The van der Waals surface area contributed by atoms with Gasteiger partial charge in [-0.3, -0.25) is 4.79 Å². The van der Waals surface area contributed by atoms with Crippen LogP contribution in [0.3, 0.4) is 0 Å². The highest BCUT2D eigenvalue weighted by atomic mass is 16.5. The normalized spacial score (nSPS) is 10.7. The molecule has 0 atom stereocenters. The maximum Gasteiger partial charge on any atom is 0.311 e. The monoisotopic (exact) mass is 336 g/mol. The summed E-state index contributed by atoms with van der Waals surface area (Å²) in [4.78, 5) is 16.4. The van der Waals surface area contributed by atoms with Crippen molar-refractivity contribution in [1.29, 1.82) is 0 Å². The van der Waals surface area contributed by atoms with Crippen LogP contribution in [-0.4, -0.2) is 16.1 Å². The van der Waals surface area contributed by atoms with Crippen molar-refractivity contribution < 1.29 is 14.1 Å². The Balaban J connectivity index is 1.60. The van der Waals surface area contributed by atoms with Gasteiger partial charge in [0.1, 0.15) is 5.75 Å². The Morgan fingerprint density at radius 3 is 2.40 bits per heavy atom. The number of aryl methyl sites for hydroxylation is 4. The number of hydrogen-bond acceptors (Lipinski definition) is 5. The van der Waals surface area contributed by atoms with Gasteiger partial charge in [0.2, 0.25) is 11.7 Å². The Labute approximate surface area is 146 Å². The molecule has 0 saturated carbocycles. The smallest absolute Gasteiger partial charge is 0.311 e. The fourth-order valence-corrected chi connectivity index (χ4v) is 2.51. The molecule has 5 nitrogen and oxygen atoms in total.